The molecule has 0 heterocycles. The predicted molar refractivity (Wildman–Crippen MR) is 112 cm³/mol. The van der Waals surface area contributed by atoms with Crippen molar-refractivity contribution in [3.05, 3.63) is 65.2 Å². The van der Waals surface area contributed by atoms with Crippen molar-refractivity contribution < 1.29 is 14.3 Å². The number of carbonyl (C=O) groups is 2. The summed E-state index contributed by atoms with van der Waals surface area (Å²) in [5.41, 5.74) is 1.11. The zero-order chi connectivity index (χ0) is 20.4. The number of ether oxygens (including phenoxy) is 1. The lowest BCUT2D eigenvalue weighted by Crippen LogP contribution is -2.50. The molecule has 0 aromatic heterocycles. The van der Waals surface area contributed by atoms with Gasteiger partial charge in [0, 0.05) is 13.1 Å². The lowest BCUT2D eigenvalue weighted by atomic mass is 10.1. The molecule has 0 saturated heterocycles. The van der Waals surface area contributed by atoms with Crippen LogP contribution < -0.4 is 10.1 Å². The number of carbonyl (C=O) groups excluding carboxylic acids is 2. The Morgan fingerprint density at radius 3 is 2.46 bits per heavy atom. The van der Waals surface area contributed by atoms with E-state index in [9.17, 15) is 9.59 Å². The molecule has 0 fully saturated rings. The molecule has 1 N–H and O–H groups in total. The van der Waals surface area contributed by atoms with Crippen LogP contribution in [0.4, 0.5) is 0 Å². The second-order valence-corrected chi connectivity index (χ2v) is 6.92. The first-order valence-corrected chi connectivity index (χ1v) is 9.89. The molecule has 6 heteroatoms. The van der Waals surface area contributed by atoms with E-state index in [2.05, 4.69) is 5.32 Å². The molecular weight excluding hydrogens is 376 g/mol. The smallest absolute Gasteiger partial charge is 0.261 e. The zero-order valence-electron chi connectivity index (χ0n) is 16.4. The third-order valence-electron chi connectivity index (χ3n) is 4.39. The zero-order valence-corrected chi connectivity index (χ0v) is 17.1. The molecule has 1 atom stereocenters. The van der Waals surface area contributed by atoms with E-state index >= 15 is 0 Å². The lowest BCUT2D eigenvalue weighted by Gasteiger charge is -2.28. The summed E-state index contributed by atoms with van der Waals surface area (Å²) in [7, 11) is 0. The van der Waals surface area contributed by atoms with Gasteiger partial charge in [0.2, 0.25) is 5.91 Å². The average Bonchev–Trinajstić information content (AvgIpc) is 2.72. The summed E-state index contributed by atoms with van der Waals surface area (Å²) < 4.78 is 5.59. The van der Waals surface area contributed by atoms with Crippen molar-refractivity contribution in [2.45, 2.75) is 32.7 Å². The maximum absolute atomic E-state index is 12.8. The third kappa shape index (κ3) is 6.57. The van der Waals surface area contributed by atoms with Gasteiger partial charge in [-0.1, -0.05) is 61.0 Å². The van der Waals surface area contributed by atoms with Crippen molar-refractivity contribution in [2.24, 2.45) is 0 Å². The van der Waals surface area contributed by atoms with Crippen LogP contribution in [0, 0.1) is 0 Å². The van der Waals surface area contributed by atoms with Crippen LogP contribution in [0.25, 0.3) is 0 Å². The number of rotatable bonds is 10. The molecule has 2 rings (SSSR count). The van der Waals surface area contributed by atoms with Gasteiger partial charge in [0.05, 0.1) is 5.02 Å². The first-order valence-electron chi connectivity index (χ1n) is 9.51. The number of para-hydroxylation sites is 1. The average molecular weight is 403 g/mol. The molecular formula is C22H27ClN2O3. The fraction of sp³-hybridized carbons (Fsp3) is 0.364. The quantitative estimate of drug-likeness (QED) is 0.659. The van der Waals surface area contributed by atoms with Crippen LogP contribution in [0.2, 0.25) is 5.02 Å². The van der Waals surface area contributed by atoms with Crippen molar-refractivity contribution in [3.63, 3.8) is 0 Å². The molecule has 0 saturated carbocycles. The van der Waals surface area contributed by atoms with Gasteiger partial charge in [0.15, 0.2) is 6.61 Å². The van der Waals surface area contributed by atoms with Crippen LogP contribution in [-0.4, -0.2) is 42.5 Å². The minimum atomic E-state index is -0.586. The van der Waals surface area contributed by atoms with Gasteiger partial charge < -0.3 is 15.0 Å². The van der Waals surface area contributed by atoms with Crippen LogP contribution in [0.15, 0.2) is 54.6 Å². The number of nitrogens with zero attached hydrogens (tertiary/aromatic N) is 1. The summed E-state index contributed by atoms with van der Waals surface area (Å²) in [6, 6.07) is 16.3. The number of hydrogen-bond donors (Lipinski definition) is 1. The first-order chi connectivity index (χ1) is 13.5. The van der Waals surface area contributed by atoms with Gasteiger partial charge >= 0.3 is 0 Å². The Labute approximate surface area is 171 Å². The molecule has 150 valence electrons. The highest BCUT2D eigenvalue weighted by Crippen LogP contribution is 2.23. The molecule has 0 aliphatic heterocycles. The second-order valence-electron chi connectivity index (χ2n) is 6.51. The van der Waals surface area contributed by atoms with Gasteiger partial charge in [-0.3, -0.25) is 9.59 Å². The lowest BCUT2D eigenvalue weighted by molar-refractivity contribution is -0.141. The van der Waals surface area contributed by atoms with Crippen molar-refractivity contribution >= 4 is 23.4 Å². The number of nitrogens with one attached hydrogen (secondary N) is 1. The molecule has 2 aromatic rings. The maximum Gasteiger partial charge on any atom is 0.261 e. The molecule has 0 spiro atoms. The van der Waals surface area contributed by atoms with Crippen LogP contribution in [0.3, 0.4) is 0 Å². The summed E-state index contributed by atoms with van der Waals surface area (Å²) in [6.45, 7) is 4.56. The van der Waals surface area contributed by atoms with E-state index in [1.807, 2.05) is 37.3 Å². The summed E-state index contributed by atoms with van der Waals surface area (Å²) in [5.74, 6) is 0.0274. The molecule has 2 aromatic carbocycles. The molecule has 28 heavy (non-hydrogen) atoms. The molecule has 5 nitrogen and oxygen atoms in total. The Morgan fingerprint density at radius 2 is 1.79 bits per heavy atom. The van der Waals surface area contributed by atoms with E-state index in [1.54, 1.807) is 36.1 Å². The van der Waals surface area contributed by atoms with E-state index < -0.39 is 6.04 Å². The van der Waals surface area contributed by atoms with E-state index in [4.69, 9.17) is 16.3 Å². The highest BCUT2D eigenvalue weighted by atomic mass is 35.5. The Morgan fingerprint density at radius 1 is 1.11 bits per heavy atom. The van der Waals surface area contributed by atoms with Crippen LogP contribution in [-0.2, 0) is 16.0 Å². The van der Waals surface area contributed by atoms with Gasteiger partial charge in [-0.2, -0.15) is 0 Å². The van der Waals surface area contributed by atoms with Crippen LogP contribution in [0.1, 0.15) is 25.8 Å². The van der Waals surface area contributed by atoms with E-state index in [0.717, 1.165) is 12.0 Å². The topological polar surface area (TPSA) is 58.6 Å². The van der Waals surface area contributed by atoms with E-state index in [1.165, 1.54) is 0 Å². The third-order valence-corrected chi connectivity index (χ3v) is 4.70. The SMILES string of the molecule is CCCNC(=O)[C@@H](C)N(CCc1ccccc1)C(=O)COc1ccccc1Cl. The highest BCUT2D eigenvalue weighted by Gasteiger charge is 2.26. The minimum Gasteiger partial charge on any atom is -0.482 e. The van der Waals surface area contributed by atoms with Gasteiger partial charge in [0.1, 0.15) is 11.8 Å². The number of halogens is 1. The molecule has 0 bridgehead atoms. The van der Waals surface area contributed by atoms with Gasteiger partial charge in [-0.25, -0.2) is 0 Å². The Balaban J connectivity index is 2.05. The van der Waals surface area contributed by atoms with Crippen molar-refractivity contribution in [2.75, 3.05) is 19.7 Å². The van der Waals surface area contributed by atoms with Crippen molar-refractivity contribution in [3.8, 4) is 5.75 Å². The molecule has 0 radical (unpaired) electrons. The highest BCUT2D eigenvalue weighted by molar-refractivity contribution is 6.32. The summed E-state index contributed by atoms with van der Waals surface area (Å²) in [5, 5.41) is 3.30. The summed E-state index contributed by atoms with van der Waals surface area (Å²) >= 11 is 6.08. The Kier molecular flexibility index (Phi) is 8.82. The normalized spacial score (nSPS) is 11.5. The molecule has 2 amide bonds. The molecule has 0 unspecified atom stereocenters. The Hall–Kier alpha value is -2.53. The maximum atomic E-state index is 12.8. The van der Waals surface area contributed by atoms with Gasteiger partial charge in [0.25, 0.3) is 5.91 Å². The standard InChI is InChI=1S/C22H27ClN2O3/c1-3-14-24-22(27)17(2)25(15-13-18-9-5-4-6-10-18)21(26)16-28-20-12-8-7-11-19(20)23/h4-12,17H,3,13-16H2,1-2H3,(H,24,27)/t17-/m1/s1. The second kappa shape index (κ2) is 11.3. The summed E-state index contributed by atoms with van der Waals surface area (Å²) in [4.78, 5) is 26.8. The van der Waals surface area contributed by atoms with Gasteiger partial charge in [-0.15, -0.1) is 0 Å². The fourth-order valence-corrected chi connectivity index (χ4v) is 2.94. The molecule has 0 aliphatic carbocycles. The van der Waals surface area contributed by atoms with E-state index in [-0.39, 0.29) is 18.4 Å². The van der Waals surface area contributed by atoms with Crippen LogP contribution >= 0.6 is 11.6 Å². The number of benzene rings is 2. The molecule has 0 aliphatic rings. The fourth-order valence-electron chi connectivity index (χ4n) is 2.75. The predicted octanol–water partition coefficient (Wildman–Crippen LogP) is 3.70. The van der Waals surface area contributed by atoms with Crippen molar-refractivity contribution in [1.29, 1.82) is 0 Å². The number of amides is 2. The van der Waals surface area contributed by atoms with Gasteiger partial charge in [-0.05, 0) is 37.5 Å². The Bertz CT molecular complexity index is 767. The largest absolute Gasteiger partial charge is 0.482 e. The van der Waals surface area contributed by atoms with E-state index in [0.29, 0.717) is 30.3 Å². The van der Waals surface area contributed by atoms with Crippen LogP contribution in [0.5, 0.6) is 5.75 Å². The minimum absolute atomic E-state index is 0.166. The number of hydrogen-bond acceptors (Lipinski definition) is 3. The first kappa shape index (κ1) is 21.8. The summed E-state index contributed by atoms with van der Waals surface area (Å²) in [6.07, 6.45) is 1.50. The van der Waals surface area contributed by atoms with Crippen molar-refractivity contribution in [1.82, 2.24) is 10.2 Å². The monoisotopic (exact) mass is 402 g/mol.